The smallest absolute Gasteiger partial charge is 0.244 e. The van der Waals surface area contributed by atoms with E-state index in [0.29, 0.717) is 5.02 Å². The summed E-state index contributed by atoms with van der Waals surface area (Å²) in [5, 5.41) is 3.18. The molecule has 186 valence electrons. The van der Waals surface area contributed by atoms with E-state index in [9.17, 15) is 18.0 Å². The van der Waals surface area contributed by atoms with Crippen LogP contribution in [0.3, 0.4) is 0 Å². The normalized spacial score (nSPS) is 13.0. The molecule has 0 aliphatic carbocycles. The number of rotatable bonds is 11. The first kappa shape index (κ1) is 27.5. The van der Waals surface area contributed by atoms with Crippen LogP contribution < -0.4 is 14.4 Å². The van der Waals surface area contributed by atoms with E-state index in [0.717, 1.165) is 22.5 Å². The molecule has 2 aromatic carbocycles. The van der Waals surface area contributed by atoms with E-state index < -0.39 is 28.5 Å². The van der Waals surface area contributed by atoms with Crippen molar-refractivity contribution in [3.63, 3.8) is 0 Å². The number of anilines is 1. The van der Waals surface area contributed by atoms with E-state index in [4.69, 9.17) is 16.3 Å². The summed E-state index contributed by atoms with van der Waals surface area (Å²) < 4.78 is 31.6. The summed E-state index contributed by atoms with van der Waals surface area (Å²) in [4.78, 5) is 27.8. The predicted octanol–water partition coefficient (Wildman–Crippen LogP) is 3.45. The lowest BCUT2D eigenvalue weighted by molar-refractivity contribution is -0.139. The summed E-state index contributed by atoms with van der Waals surface area (Å²) in [5.74, 6) is -0.604. The lowest BCUT2D eigenvalue weighted by Gasteiger charge is -2.32. The van der Waals surface area contributed by atoms with Crippen LogP contribution in [-0.2, 0) is 26.2 Å². The predicted molar refractivity (Wildman–Crippen MR) is 135 cm³/mol. The van der Waals surface area contributed by atoms with Gasteiger partial charge in [-0.05, 0) is 44.0 Å². The molecule has 0 heterocycles. The Hall–Kier alpha value is -2.78. The number of sulfonamides is 1. The van der Waals surface area contributed by atoms with E-state index in [2.05, 4.69) is 5.32 Å². The fourth-order valence-electron chi connectivity index (χ4n) is 3.28. The van der Waals surface area contributed by atoms with Gasteiger partial charge in [0.2, 0.25) is 21.8 Å². The first-order chi connectivity index (χ1) is 16.0. The number of amides is 2. The van der Waals surface area contributed by atoms with Crippen molar-refractivity contribution in [3.05, 3.63) is 59.1 Å². The Labute approximate surface area is 206 Å². The second-order valence-corrected chi connectivity index (χ2v) is 10.4. The van der Waals surface area contributed by atoms with Crippen molar-refractivity contribution in [1.29, 1.82) is 0 Å². The number of halogens is 1. The van der Waals surface area contributed by atoms with Crippen molar-refractivity contribution in [2.24, 2.45) is 0 Å². The average molecular weight is 510 g/mol. The fraction of sp³-hybridized carbons (Fsp3) is 0.417. The molecule has 2 amide bonds. The van der Waals surface area contributed by atoms with Crippen molar-refractivity contribution < 1.29 is 22.7 Å². The molecule has 2 rings (SSSR count). The molecule has 0 radical (unpaired) electrons. The maximum Gasteiger partial charge on any atom is 0.244 e. The molecule has 0 saturated heterocycles. The number of carbonyl (C=O) groups is 2. The Kier molecular flexibility index (Phi) is 9.76. The first-order valence-electron chi connectivity index (χ1n) is 10.9. The van der Waals surface area contributed by atoms with Gasteiger partial charge in [-0.1, -0.05) is 48.9 Å². The van der Waals surface area contributed by atoms with Crippen molar-refractivity contribution in [2.45, 2.75) is 45.8 Å². The van der Waals surface area contributed by atoms with Crippen molar-refractivity contribution in [1.82, 2.24) is 10.2 Å². The number of ether oxygens (including phenoxy) is 1. The summed E-state index contributed by atoms with van der Waals surface area (Å²) in [6.07, 6.45) is 1.74. The quantitative estimate of drug-likeness (QED) is 0.500. The van der Waals surface area contributed by atoms with Crippen LogP contribution in [0.15, 0.2) is 48.5 Å². The molecule has 0 aromatic heterocycles. The fourth-order valence-corrected chi connectivity index (χ4v) is 4.29. The highest BCUT2D eigenvalue weighted by Crippen LogP contribution is 2.33. The summed E-state index contributed by atoms with van der Waals surface area (Å²) in [7, 11) is -2.49. The van der Waals surface area contributed by atoms with E-state index in [1.54, 1.807) is 13.0 Å². The van der Waals surface area contributed by atoms with Crippen LogP contribution in [0.2, 0.25) is 5.02 Å². The number of hydrogen-bond acceptors (Lipinski definition) is 5. The Bertz CT molecular complexity index is 1100. The van der Waals surface area contributed by atoms with Gasteiger partial charge in [0.25, 0.3) is 0 Å². The van der Waals surface area contributed by atoms with Crippen LogP contribution in [-0.4, -0.2) is 57.1 Å². The SMILES string of the molecule is CC[C@@H](C)NC(=O)[C@@H](C)N(Cc1ccccc1)C(=O)CN(c1cc(Cl)ccc1OC)S(C)(=O)=O. The maximum atomic E-state index is 13.5. The minimum atomic E-state index is -3.89. The standard InChI is InChI=1S/C24H32ClN3O5S/c1-6-17(2)26-24(30)18(3)27(15-19-10-8-7-9-11-19)23(29)16-28(34(5,31)32)21-14-20(25)12-13-22(21)33-4/h7-14,17-18H,6,15-16H2,1-5H3,(H,26,30)/t17-,18-/m1/s1. The number of methoxy groups -OCH3 is 1. The third-order valence-electron chi connectivity index (χ3n) is 5.45. The summed E-state index contributed by atoms with van der Waals surface area (Å²) in [6.45, 7) is 5.07. The third-order valence-corrected chi connectivity index (χ3v) is 6.81. The maximum absolute atomic E-state index is 13.5. The monoisotopic (exact) mass is 509 g/mol. The lowest BCUT2D eigenvalue weighted by Crippen LogP contribution is -2.52. The van der Waals surface area contributed by atoms with Crippen LogP contribution >= 0.6 is 11.6 Å². The van der Waals surface area contributed by atoms with Gasteiger partial charge in [-0.3, -0.25) is 13.9 Å². The topological polar surface area (TPSA) is 96.0 Å². The number of carbonyl (C=O) groups excluding carboxylic acids is 2. The van der Waals surface area contributed by atoms with E-state index in [1.165, 1.54) is 24.1 Å². The highest BCUT2D eigenvalue weighted by molar-refractivity contribution is 7.92. The molecule has 0 fully saturated rings. The number of benzene rings is 2. The molecule has 8 nitrogen and oxygen atoms in total. The molecule has 0 aliphatic rings. The molecule has 0 bridgehead atoms. The van der Waals surface area contributed by atoms with Crippen LogP contribution in [0.5, 0.6) is 5.75 Å². The second kappa shape index (κ2) is 12.1. The van der Waals surface area contributed by atoms with Gasteiger partial charge < -0.3 is 15.0 Å². The van der Waals surface area contributed by atoms with Gasteiger partial charge in [-0.25, -0.2) is 8.42 Å². The third kappa shape index (κ3) is 7.36. The average Bonchev–Trinajstić information content (AvgIpc) is 2.80. The van der Waals surface area contributed by atoms with Crippen LogP contribution in [0.1, 0.15) is 32.8 Å². The zero-order valence-corrected chi connectivity index (χ0v) is 21.7. The summed E-state index contributed by atoms with van der Waals surface area (Å²) >= 11 is 6.10. The van der Waals surface area contributed by atoms with Crippen LogP contribution in [0.25, 0.3) is 0 Å². The van der Waals surface area contributed by atoms with Gasteiger partial charge in [0.15, 0.2) is 0 Å². The van der Waals surface area contributed by atoms with Crippen LogP contribution in [0, 0.1) is 0 Å². The van der Waals surface area contributed by atoms with Gasteiger partial charge in [0, 0.05) is 17.6 Å². The zero-order valence-electron chi connectivity index (χ0n) is 20.1. The molecule has 0 spiro atoms. The lowest BCUT2D eigenvalue weighted by atomic mass is 10.1. The summed E-state index contributed by atoms with van der Waals surface area (Å²) in [6, 6.07) is 12.8. The van der Waals surface area contributed by atoms with E-state index in [-0.39, 0.29) is 29.9 Å². The zero-order chi connectivity index (χ0) is 25.5. The van der Waals surface area contributed by atoms with Gasteiger partial charge in [0.1, 0.15) is 18.3 Å². The molecule has 10 heteroatoms. The Morgan fingerprint density at radius 2 is 1.76 bits per heavy atom. The second-order valence-electron chi connectivity index (χ2n) is 8.09. The van der Waals surface area contributed by atoms with Gasteiger partial charge in [0.05, 0.1) is 19.1 Å². The molecule has 0 unspecified atom stereocenters. The molecule has 1 N–H and O–H groups in total. The minimum absolute atomic E-state index is 0.0631. The molecular weight excluding hydrogens is 478 g/mol. The Balaban J connectivity index is 2.43. The number of hydrogen-bond donors (Lipinski definition) is 1. The van der Waals surface area contributed by atoms with E-state index in [1.807, 2.05) is 44.2 Å². The number of nitrogens with zero attached hydrogens (tertiary/aromatic N) is 2. The molecule has 2 atom stereocenters. The molecule has 0 aliphatic heterocycles. The minimum Gasteiger partial charge on any atom is -0.495 e. The first-order valence-corrected chi connectivity index (χ1v) is 13.2. The van der Waals surface area contributed by atoms with Crippen molar-refractivity contribution in [3.8, 4) is 5.75 Å². The number of nitrogens with one attached hydrogen (secondary N) is 1. The van der Waals surface area contributed by atoms with Crippen molar-refractivity contribution >= 4 is 39.1 Å². The molecule has 34 heavy (non-hydrogen) atoms. The molecule has 0 saturated carbocycles. The Morgan fingerprint density at radius 1 is 1.12 bits per heavy atom. The van der Waals surface area contributed by atoms with Gasteiger partial charge in [-0.2, -0.15) is 0 Å². The highest BCUT2D eigenvalue weighted by Gasteiger charge is 2.31. The van der Waals surface area contributed by atoms with Crippen LogP contribution in [0.4, 0.5) is 5.69 Å². The Morgan fingerprint density at radius 3 is 2.32 bits per heavy atom. The molecule has 2 aromatic rings. The largest absolute Gasteiger partial charge is 0.495 e. The van der Waals surface area contributed by atoms with Crippen molar-refractivity contribution in [2.75, 3.05) is 24.2 Å². The van der Waals surface area contributed by atoms with E-state index >= 15 is 0 Å². The summed E-state index contributed by atoms with van der Waals surface area (Å²) in [5.41, 5.74) is 0.951. The van der Waals surface area contributed by atoms with Gasteiger partial charge in [-0.15, -0.1) is 0 Å². The molecular formula is C24H32ClN3O5S. The van der Waals surface area contributed by atoms with Gasteiger partial charge >= 0.3 is 0 Å². The highest BCUT2D eigenvalue weighted by atomic mass is 35.5.